The Morgan fingerprint density at radius 1 is 0.846 bits per heavy atom. The zero-order valence-electron chi connectivity index (χ0n) is 14.6. The second-order valence-corrected chi connectivity index (χ2v) is 6.28. The molecule has 26 heavy (non-hydrogen) atoms. The van der Waals surface area contributed by atoms with Crippen molar-refractivity contribution in [3.05, 3.63) is 89.5 Å². The lowest BCUT2D eigenvalue weighted by molar-refractivity contribution is 0.0493. The monoisotopic (exact) mass is 344 g/mol. The van der Waals surface area contributed by atoms with Crippen molar-refractivity contribution in [2.75, 3.05) is 13.2 Å². The van der Waals surface area contributed by atoms with Crippen LogP contribution in [0, 0.1) is 0 Å². The third-order valence-corrected chi connectivity index (χ3v) is 4.74. The van der Waals surface area contributed by atoms with Gasteiger partial charge in [-0.25, -0.2) is 4.79 Å². The Labute approximate surface area is 153 Å². The molecule has 0 saturated heterocycles. The van der Waals surface area contributed by atoms with Crippen LogP contribution in [0.2, 0.25) is 0 Å². The minimum absolute atomic E-state index is 0.0778. The molecule has 0 aliphatic heterocycles. The van der Waals surface area contributed by atoms with Gasteiger partial charge in [0.2, 0.25) is 0 Å². The van der Waals surface area contributed by atoms with Crippen LogP contribution in [0.15, 0.2) is 72.8 Å². The first-order valence-corrected chi connectivity index (χ1v) is 8.86. The highest BCUT2D eigenvalue weighted by molar-refractivity contribution is 5.89. The van der Waals surface area contributed by atoms with E-state index in [4.69, 9.17) is 9.47 Å². The minimum Gasteiger partial charge on any atom is -0.494 e. The number of esters is 1. The highest BCUT2D eigenvalue weighted by atomic mass is 16.5. The Bertz CT molecular complexity index is 883. The van der Waals surface area contributed by atoms with Crippen LogP contribution in [0.25, 0.3) is 11.1 Å². The third-order valence-electron chi connectivity index (χ3n) is 4.74. The van der Waals surface area contributed by atoms with Gasteiger partial charge in [0.05, 0.1) is 12.2 Å². The molecular formula is C23H20O3. The second kappa shape index (κ2) is 7.04. The molecule has 1 aliphatic rings. The molecule has 3 heteroatoms. The summed E-state index contributed by atoms with van der Waals surface area (Å²) in [7, 11) is 0. The summed E-state index contributed by atoms with van der Waals surface area (Å²) in [6.45, 7) is 2.86. The molecule has 3 nitrogen and oxygen atoms in total. The molecule has 4 rings (SSSR count). The lowest BCUT2D eigenvalue weighted by Crippen LogP contribution is -2.12. The first-order chi connectivity index (χ1) is 12.8. The Balaban J connectivity index is 1.52. The van der Waals surface area contributed by atoms with Crippen LogP contribution in [-0.4, -0.2) is 19.2 Å². The number of carbonyl (C=O) groups excluding carboxylic acids is 1. The summed E-state index contributed by atoms with van der Waals surface area (Å²) >= 11 is 0. The fourth-order valence-electron chi connectivity index (χ4n) is 3.54. The van der Waals surface area contributed by atoms with Crippen LogP contribution in [0.1, 0.15) is 34.3 Å². The lowest BCUT2D eigenvalue weighted by Gasteiger charge is -2.14. The average molecular weight is 344 g/mol. The predicted octanol–water partition coefficient (Wildman–Crippen LogP) is 5.05. The molecule has 0 radical (unpaired) electrons. The maximum atomic E-state index is 12.4. The quantitative estimate of drug-likeness (QED) is 0.607. The van der Waals surface area contributed by atoms with E-state index in [1.165, 1.54) is 22.3 Å². The molecule has 0 aromatic heterocycles. The summed E-state index contributed by atoms with van der Waals surface area (Å²) in [6, 6.07) is 23.7. The zero-order valence-corrected chi connectivity index (χ0v) is 14.6. The van der Waals surface area contributed by atoms with Crippen molar-refractivity contribution >= 4 is 5.97 Å². The van der Waals surface area contributed by atoms with E-state index in [-0.39, 0.29) is 11.9 Å². The topological polar surface area (TPSA) is 35.5 Å². The van der Waals surface area contributed by atoms with Gasteiger partial charge in [0.15, 0.2) is 0 Å². The molecule has 0 unspecified atom stereocenters. The highest BCUT2D eigenvalue weighted by Gasteiger charge is 2.29. The lowest BCUT2D eigenvalue weighted by atomic mass is 9.98. The maximum Gasteiger partial charge on any atom is 0.338 e. The van der Waals surface area contributed by atoms with Crippen LogP contribution in [0.3, 0.4) is 0 Å². The van der Waals surface area contributed by atoms with E-state index in [1.54, 1.807) is 24.3 Å². The smallest absolute Gasteiger partial charge is 0.338 e. The van der Waals surface area contributed by atoms with Crippen LogP contribution in [-0.2, 0) is 4.74 Å². The maximum absolute atomic E-state index is 12.4. The molecule has 1 aliphatic carbocycles. The summed E-state index contributed by atoms with van der Waals surface area (Å²) in [5.74, 6) is 0.520. The summed E-state index contributed by atoms with van der Waals surface area (Å²) in [6.07, 6.45) is 0. The molecule has 3 aromatic rings. The van der Waals surface area contributed by atoms with E-state index in [1.807, 2.05) is 31.2 Å². The van der Waals surface area contributed by atoms with Gasteiger partial charge in [-0.3, -0.25) is 0 Å². The van der Waals surface area contributed by atoms with Crippen LogP contribution < -0.4 is 4.74 Å². The molecule has 0 fully saturated rings. The van der Waals surface area contributed by atoms with Crippen LogP contribution in [0.5, 0.6) is 5.75 Å². The van der Waals surface area contributed by atoms with Gasteiger partial charge >= 0.3 is 5.97 Å². The number of hydrogen-bond donors (Lipinski definition) is 0. The van der Waals surface area contributed by atoms with Crippen molar-refractivity contribution in [2.45, 2.75) is 12.8 Å². The fraction of sp³-hybridized carbons (Fsp3) is 0.174. The second-order valence-electron chi connectivity index (χ2n) is 6.28. The molecule has 0 amide bonds. The Hall–Kier alpha value is -3.07. The number of fused-ring (bicyclic) bond motifs is 3. The third kappa shape index (κ3) is 2.97. The standard InChI is InChI=1S/C23H20O3/c1-2-25-17-13-11-16(12-14-17)23(24)26-15-22-20-9-5-3-7-18(20)19-8-4-6-10-21(19)22/h3-14,22H,2,15H2,1H3. The van der Waals surface area contributed by atoms with Crippen molar-refractivity contribution < 1.29 is 14.3 Å². The van der Waals surface area contributed by atoms with Gasteiger partial charge in [-0.15, -0.1) is 0 Å². The van der Waals surface area contributed by atoms with Crippen molar-refractivity contribution in [1.29, 1.82) is 0 Å². The van der Waals surface area contributed by atoms with Crippen LogP contribution >= 0.6 is 0 Å². The van der Waals surface area contributed by atoms with E-state index in [0.29, 0.717) is 18.8 Å². The Morgan fingerprint density at radius 2 is 1.42 bits per heavy atom. The molecule has 0 spiro atoms. The van der Waals surface area contributed by atoms with Crippen LogP contribution in [0.4, 0.5) is 0 Å². The predicted molar refractivity (Wildman–Crippen MR) is 102 cm³/mol. The number of carbonyl (C=O) groups is 1. The van der Waals surface area contributed by atoms with Gasteiger partial charge in [-0.1, -0.05) is 48.5 Å². The molecule has 130 valence electrons. The van der Waals surface area contributed by atoms with E-state index < -0.39 is 0 Å². The summed E-state index contributed by atoms with van der Waals surface area (Å²) < 4.78 is 11.1. The molecule has 0 N–H and O–H groups in total. The van der Waals surface area contributed by atoms with Gasteiger partial charge < -0.3 is 9.47 Å². The Morgan fingerprint density at radius 3 is 2.00 bits per heavy atom. The molecule has 3 aromatic carbocycles. The fourth-order valence-corrected chi connectivity index (χ4v) is 3.54. The molecule has 0 saturated carbocycles. The Kier molecular flexibility index (Phi) is 4.44. The number of rotatable bonds is 5. The van der Waals surface area contributed by atoms with E-state index in [2.05, 4.69) is 24.3 Å². The summed E-state index contributed by atoms with van der Waals surface area (Å²) in [5, 5.41) is 0. The van der Waals surface area contributed by atoms with Crippen molar-refractivity contribution in [2.24, 2.45) is 0 Å². The number of benzene rings is 3. The van der Waals surface area contributed by atoms with Crippen molar-refractivity contribution in [3.63, 3.8) is 0 Å². The molecule has 0 bridgehead atoms. The van der Waals surface area contributed by atoms with Crippen molar-refractivity contribution in [3.8, 4) is 16.9 Å². The van der Waals surface area contributed by atoms with Gasteiger partial charge in [0.1, 0.15) is 12.4 Å². The summed E-state index contributed by atoms with van der Waals surface area (Å²) in [5.41, 5.74) is 5.42. The molecule has 0 atom stereocenters. The first-order valence-electron chi connectivity index (χ1n) is 8.86. The molecular weight excluding hydrogens is 324 g/mol. The van der Waals surface area contributed by atoms with Gasteiger partial charge in [0, 0.05) is 5.92 Å². The average Bonchev–Trinajstić information content (AvgIpc) is 3.01. The van der Waals surface area contributed by atoms with E-state index in [0.717, 1.165) is 5.75 Å². The van der Waals surface area contributed by atoms with Gasteiger partial charge in [-0.05, 0) is 53.4 Å². The number of hydrogen-bond acceptors (Lipinski definition) is 3. The zero-order chi connectivity index (χ0) is 17.9. The normalized spacial score (nSPS) is 12.3. The van der Waals surface area contributed by atoms with E-state index in [9.17, 15) is 4.79 Å². The first kappa shape index (κ1) is 16.4. The van der Waals surface area contributed by atoms with E-state index >= 15 is 0 Å². The number of ether oxygens (including phenoxy) is 2. The van der Waals surface area contributed by atoms with Gasteiger partial charge in [0.25, 0.3) is 0 Å². The minimum atomic E-state index is -0.310. The summed E-state index contributed by atoms with van der Waals surface area (Å²) in [4.78, 5) is 12.4. The van der Waals surface area contributed by atoms with Crippen molar-refractivity contribution in [1.82, 2.24) is 0 Å². The SMILES string of the molecule is CCOc1ccc(C(=O)OCC2c3ccccc3-c3ccccc32)cc1. The molecule has 0 heterocycles. The van der Waals surface area contributed by atoms with Gasteiger partial charge in [-0.2, -0.15) is 0 Å². The highest BCUT2D eigenvalue weighted by Crippen LogP contribution is 2.44. The largest absolute Gasteiger partial charge is 0.494 e.